The largest absolute Gasteiger partial charge is 0.368 e. The van der Waals surface area contributed by atoms with Gasteiger partial charge in [-0.3, -0.25) is 9.59 Å². The van der Waals surface area contributed by atoms with Gasteiger partial charge in [-0.2, -0.15) is 0 Å². The number of piperazine rings is 1. The topological polar surface area (TPSA) is 52.7 Å². The maximum absolute atomic E-state index is 12.6. The number of hydrogen-bond acceptors (Lipinski definition) is 3. The Morgan fingerprint density at radius 1 is 1.12 bits per heavy atom. The second-order valence-corrected chi connectivity index (χ2v) is 7.26. The minimum atomic E-state index is -0.116. The van der Waals surface area contributed by atoms with Crippen molar-refractivity contribution in [3.63, 3.8) is 0 Å². The van der Waals surface area contributed by atoms with Crippen molar-refractivity contribution in [2.24, 2.45) is 11.8 Å². The summed E-state index contributed by atoms with van der Waals surface area (Å²) in [4.78, 5) is 28.8. The van der Waals surface area contributed by atoms with Crippen LogP contribution in [-0.4, -0.2) is 48.9 Å². The van der Waals surface area contributed by atoms with Crippen molar-refractivity contribution in [1.29, 1.82) is 0 Å². The Labute approximate surface area is 144 Å². The normalized spacial score (nSPS) is 23.3. The number of nitrogens with one attached hydrogen (secondary N) is 1. The van der Waals surface area contributed by atoms with E-state index in [1.807, 2.05) is 18.7 Å². The molecule has 5 nitrogen and oxygen atoms in total. The summed E-state index contributed by atoms with van der Waals surface area (Å²) in [5.74, 6) is -0.0338. The Morgan fingerprint density at radius 2 is 1.83 bits per heavy atom. The number of carbonyl (C=O) groups is 2. The third-order valence-electron chi connectivity index (χ3n) is 4.83. The third-order valence-corrected chi connectivity index (χ3v) is 4.83. The fourth-order valence-electron chi connectivity index (χ4n) is 3.39. The maximum Gasteiger partial charge on any atom is 0.226 e. The number of hydrogen-bond donors (Lipinski definition) is 1. The predicted molar refractivity (Wildman–Crippen MR) is 94.8 cm³/mol. The first-order chi connectivity index (χ1) is 11.5. The molecule has 2 amide bonds. The molecular formula is C19H27N3O2. The molecular weight excluding hydrogens is 302 g/mol. The van der Waals surface area contributed by atoms with Crippen LogP contribution in [0, 0.1) is 18.8 Å². The van der Waals surface area contributed by atoms with E-state index in [2.05, 4.69) is 41.4 Å². The van der Waals surface area contributed by atoms with Gasteiger partial charge in [0, 0.05) is 37.9 Å². The SMILES string of the molecule is Cc1cccc(N2CCN(C(=O)C3CC3C(=O)NC(C)C)CC2)c1. The van der Waals surface area contributed by atoms with Crippen LogP contribution in [0.15, 0.2) is 24.3 Å². The van der Waals surface area contributed by atoms with Crippen LogP contribution in [-0.2, 0) is 9.59 Å². The molecule has 2 aliphatic rings. The van der Waals surface area contributed by atoms with Gasteiger partial charge in [0.15, 0.2) is 0 Å². The summed E-state index contributed by atoms with van der Waals surface area (Å²) in [5.41, 5.74) is 2.48. The van der Waals surface area contributed by atoms with E-state index in [1.165, 1.54) is 11.3 Å². The van der Waals surface area contributed by atoms with Crippen LogP contribution in [0.4, 0.5) is 5.69 Å². The van der Waals surface area contributed by atoms with Gasteiger partial charge in [-0.15, -0.1) is 0 Å². The van der Waals surface area contributed by atoms with Crippen molar-refractivity contribution in [2.75, 3.05) is 31.1 Å². The molecule has 2 atom stereocenters. The van der Waals surface area contributed by atoms with Crippen LogP contribution in [0.1, 0.15) is 25.8 Å². The minimum absolute atomic E-state index is 0.0294. The van der Waals surface area contributed by atoms with E-state index in [1.54, 1.807) is 0 Å². The highest BCUT2D eigenvalue weighted by molar-refractivity contribution is 5.92. The van der Waals surface area contributed by atoms with Gasteiger partial charge in [-0.1, -0.05) is 12.1 Å². The Balaban J connectivity index is 1.50. The summed E-state index contributed by atoms with van der Waals surface area (Å²) in [7, 11) is 0. The summed E-state index contributed by atoms with van der Waals surface area (Å²) in [5, 5.41) is 2.91. The van der Waals surface area contributed by atoms with E-state index in [0.717, 1.165) is 26.2 Å². The number of anilines is 1. The van der Waals surface area contributed by atoms with E-state index in [9.17, 15) is 9.59 Å². The van der Waals surface area contributed by atoms with Crippen LogP contribution >= 0.6 is 0 Å². The fraction of sp³-hybridized carbons (Fsp3) is 0.579. The summed E-state index contributed by atoms with van der Waals surface area (Å²) >= 11 is 0. The molecule has 1 aromatic rings. The van der Waals surface area contributed by atoms with Crippen LogP contribution in [0.3, 0.4) is 0 Å². The summed E-state index contributed by atoms with van der Waals surface area (Å²) in [6.07, 6.45) is 0.704. The summed E-state index contributed by atoms with van der Waals surface area (Å²) in [6, 6.07) is 8.61. The second kappa shape index (κ2) is 6.83. The van der Waals surface area contributed by atoms with E-state index in [4.69, 9.17) is 0 Å². The molecule has 24 heavy (non-hydrogen) atoms. The Kier molecular flexibility index (Phi) is 4.78. The smallest absolute Gasteiger partial charge is 0.226 e. The van der Waals surface area contributed by atoms with Gasteiger partial charge in [0.2, 0.25) is 11.8 Å². The van der Waals surface area contributed by atoms with Crippen LogP contribution in [0.25, 0.3) is 0 Å². The predicted octanol–water partition coefficient (Wildman–Crippen LogP) is 1.80. The highest BCUT2D eigenvalue weighted by Crippen LogP contribution is 2.40. The number of benzene rings is 1. The second-order valence-electron chi connectivity index (χ2n) is 7.26. The molecule has 5 heteroatoms. The molecule has 0 aromatic heterocycles. The zero-order valence-corrected chi connectivity index (χ0v) is 14.8. The molecule has 1 aliphatic carbocycles. The lowest BCUT2D eigenvalue weighted by atomic mass is 10.2. The molecule has 1 saturated heterocycles. The van der Waals surface area contributed by atoms with E-state index >= 15 is 0 Å². The lowest BCUT2D eigenvalue weighted by Crippen LogP contribution is -2.49. The van der Waals surface area contributed by atoms with Crippen molar-refractivity contribution in [3.05, 3.63) is 29.8 Å². The van der Waals surface area contributed by atoms with Gasteiger partial charge in [0.25, 0.3) is 0 Å². The molecule has 1 N–H and O–H groups in total. The molecule has 3 rings (SSSR count). The quantitative estimate of drug-likeness (QED) is 0.916. The first-order valence-electron chi connectivity index (χ1n) is 8.86. The van der Waals surface area contributed by atoms with Gasteiger partial charge >= 0.3 is 0 Å². The lowest BCUT2D eigenvalue weighted by molar-refractivity contribution is -0.135. The Bertz CT molecular complexity index is 621. The zero-order valence-electron chi connectivity index (χ0n) is 14.8. The Morgan fingerprint density at radius 3 is 2.46 bits per heavy atom. The van der Waals surface area contributed by atoms with Crippen molar-refractivity contribution >= 4 is 17.5 Å². The standard InChI is InChI=1S/C19H27N3O2/c1-13(2)20-18(23)16-12-17(16)19(24)22-9-7-21(8-10-22)15-6-4-5-14(3)11-15/h4-6,11,13,16-17H,7-10,12H2,1-3H3,(H,20,23). The molecule has 1 aromatic carbocycles. The Hall–Kier alpha value is -2.04. The van der Waals surface area contributed by atoms with Crippen LogP contribution < -0.4 is 10.2 Å². The van der Waals surface area contributed by atoms with Crippen molar-refractivity contribution < 1.29 is 9.59 Å². The first kappa shape index (κ1) is 16.8. The van der Waals surface area contributed by atoms with Crippen molar-refractivity contribution in [1.82, 2.24) is 10.2 Å². The molecule has 0 spiro atoms. The van der Waals surface area contributed by atoms with Crippen molar-refractivity contribution in [2.45, 2.75) is 33.2 Å². The fourth-order valence-corrected chi connectivity index (χ4v) is 3.39. The van der Waals surface area contributed by atoms with E-state index < -0.39 is 0 Å². The van der Waals surface area contributed by atoms with Crippen molar-refractivity contribution in [3.8, 4) is 0 Å². The monoisotopic (exact) mass is 329 g/mol. The van der Waals surface area contributed by atoms with Gasteiger partial charge in [-0.05, 0) is 44.9 Å². The van der Waals surface area contributed by atoms with Crippen LogP contribution in [0.2, 0.25) is 0 Å². The molecule has 2 fully saturated rings. The van der Waals surface area contributed by atoms with Crippen LogP contribution in [0.5, 0.6) is 0 Å². The molecule has 1 aliphatic heterocycles. The van der Waals surface area contributed by atoms with Gasteiger partial charge in [0.05, 0.1) is 11.8 Å². The average molecular weight is 329 g/mol. The highest BCUT2D eigenvalue weighted by atomic mass is 16.2. The number of aryl methyl sites for hydroxylation is 1. The first-order valence-corrected chi connectivity index (χ1v) is 8.86. The molecule has 0 radical (unpaired) electrons. The minimum Gasteiger partial charge on any atom is -0.368 e. The molecule has 1 heterocycles. The van der Waals surface area contributed by atoms with E-state index in [0.29, 0.717) is 6.42 Å². The zero-order chi connectivity index (χ0) is 17.3. The van der Waals surface area contributed by atoms with Gasteiger partial charge < -0.3 is 15.1 Å². The number of rotatable bonds is 4. The average Bonchev–Trinajstić information content (AvgIpc) is 3.34. The maximum atomic E-state index is 12.6. The summed E-state index contributed by atoms with van der Waals surface area (Å²) in [6.45, 7) is 9.17. The van der Waals surface area contributed by atoms with E-state index in [-0.39, 0.29) is 29.7 Å². The number of amides is 2. The van der Waals surface area contributed by atoms with Gasteiger partial charge in [-0.25, -0.2) is 0 Å². The van der Waals surface area contributed by atoms with Gasteiger partial charge in [0.1, 0.15) is 0 Å². The molecule has 1 saturated carbocycles. The number of carbonyl (C=O) groups excluding carboxylic acids is 2. The third kappa shape index (κ3) is 3.71. The summed E-state index contributed by atoms with van der Waals surface area (Å²) < 4.78 is 0. The molecule has 0 bridgehead atoms. The lowest BCUT2D eigenvalue weighted by Gasteiger charge is -2.36. The molecule has 130 valence electrons. The molecule has 2 unspecified atom stereocenters. The number of nitrogens with zero attached hydrogens (tertiary/aromatic N) is 2. The highest BCUT2D eigenvalue weighted by Gasteiger charge is 2.49.